The van der Waals surface area contributed by atoms with Crippen LogP contribution in [0.5, 0.6) is 0 Å². The van der Waals surface area contributed by atoms with Crippen LogP contribution in [0.3, 0.4) is 0 Å². The summed E-state index contributed by atoms with van der Waals surface area (Å²) in [7, 11) is 0. The van der Waals surface area contributed by atoms with Crippen molar-refractivity contribution >= 4 is 17.1 Å². The van der Waals surface area contributed by atoms with Gasteiger partial charge in [-0.3, -0.25) is 10.3 Å². The number of aliphatic hydroxyl groups excluding tert-OH is 3. The van der Waals surface area contributed by atoms with Crippen LogP contribution in [0.1, 0.15) is 6.23 Å². The van der Waals surface area contributed by atoms with Crippen LogP contribution in [-0.4, -0.2) is 59.8 Å². The molecule has 2 aromatic heterocycles. The lowest BCUT2D eigenvalue weighted by Gasteiger charge is -2.16. The van der Waals surface area contributed by atoms with Crippen molar-refractivity contribution < 1.29 is 20.1 Å². The molecule has 19 heavy (non-hydrogen) atoms. The lowest BCUT2D eigenvalue weighted by Crippen LogP contribution is -2.33. The zero-order chi connectivity index (χ0) is 13.6. The van der Waals surface area contributed by atoms with Gasteiger partial charge in [-0.1, -0.05) is 0 Å². The van der Waals surface area contributed by atoms with Crippen molar-refractivity contribution in [3.63, 3.8) is 0 Å². The summed E-state index contributed by atoms with van der Waals surface area (Å²) in [4.78, 5) is 11.6. The maximum Gasteiger partial charge on any atom is 0.243 e. The molecule has 1 saturated heterocycles. The van der Waals surface area contributed by atoms with E-state index in [-0.39, 0.29) is 5.95 Å². The number of nitrogens with one attached hydrogen (secondary N) is 1. The molecule has 3 heterocycles. The molecule has 0 spiro atoms. The molecule has 1 fully saturated rings. The largest absolute Gasteiger partial charge is 0.394 e. The number of aromatic nitrogens is 4. The minimum Gasteiger partial charge on any atom is -0.394 e. The minimum absolute atomic E-state index is 0.180. The van der Waals surface area contributed by atoms with E-state index in [4.69, 9.17) is 15.6 Å². The summed E-state index contributed by atoms with van der Waals surface area (Å²) in [5.74, 6) is -0.180. The van der Waals surface area contributed by atoms with Gasteiger partial charge in [-0.25, -0.2) is 9.97 Å². The van der Waals surface area contributed by atoms with Gasteiger partial charge in [0.1, 0.15) is 23.8 Å². The average molecular weight is 266 g/mol. The van der Waals surface area contributed by atoms with Crippen LogP contribution in [0.25, 0.3) is 11.2 Å². The zero-order valence-corrected chi connectivity index (χ0v) is 9.71. The second kappa shape index (κ2) is 4.38. The van der Waals surface area contributed by atoms with Crippen LogP contribution in [0.15, 0.2) is 12.5 Å². The zero-order valence-electron chi connectivity index (χ0n) is 9.71. The Balaban J connectivity index is 2.03. The first-order chi connectivity index (χ1) is 9.11. The molecule has 4 atom stereocenters. The molecule has 0 unspecified atom stereocenters. The van der Waals surface area contributed by atoms with Crippen molar-refractivity contribution in [1.82, 2.24) is 25.3 Å². The van der Waals surface area contributed by atoms with Crippen LogP contribution in [0.4, 0.5) is 5.95 Å². The average Bonchev–Trinajstić information content (AvgIpc) is 2.92. The smallest absolute Gasteiger partial charge is 0.243 e. The summed E-state index contributed by atoms with van der Waals surface area (Å²) in [5, 5.41) is 28.7. The molecule has 2 aromatic rings. The van der Waals surface area contributed by atoms with Gasteiger partial charge in [-0.05, 0) is 0 Å². The number of fused-ring (bicyclic) bond motifs is 1. The Hall–Kier alpha value is -1.81. The van der Waals surface area contributed by atoms with Crippen molar-refractivity contribution in [1.29, 1.82) is 0 Å². The van der Waals surface area contributed by atoms with Crippen molar-refractivity contribution in [2.75, 3.05) is 6.61 Å². The maximum absolute atomic E-state index is 9.93. The van der Waals surface area contributed by atoms with Gasteiger partial charge in [0.15, 0.2) is 11.9 Å². The van der Waals surface area contributed by atoms with Crippen molar-refractivity contribution in [2.24, 2.45) is 0 Å². The Kier molecular flexibility index (Phi) is 2.82. The van der Waals surface area contributed by atoms with Crippen molar-refractivity contribution in [2.45, 2.75) is 24.5 Å². The molecule has 1 radical (unpaired) electrons. The molecule has 0 amide bonds. The quantitative estimate of drug-likeness (QED) is 0.592. The molecule has 101 valence electrons. The Morgan fingerprint density at radius 2 is 2.11 bits per heavy atom. The van der Waals surface area contributed by atoms with Gasteiger partial charge in [-0.15, -0.1) is 0 Å². The summed E-state index contributed by atoms with van der Waals surface area (Å²) in [6.45, 7) is -0.403. The highest BCUT2D eigenvalue weighted by Crippen LogP contribution is 2.31. The van der Waals surface area contributed by atoms with Crippen LogP contribution < -0.4 is 5.73 Å². The van der Waals surface area contributed by atoms with Crippen LogP contribution in [0.2, 0.25) is 0 Å². The van der Waals surface area contributed by atoms with Crippen molar-refractivity contribution in [3.8, 4) is 0 Å². The normalized spacial score (nSPS) is 31.1. The number of hydrogen-bond acceptors (Lipinski definition) is 7. The van der Waals surface area contributed by atoms with Crippen LogP contribution in [-0.2, 0) is 4.74 Å². The summed E-state index contributed by atoms with van der Waals surface area (Å²) >= 11 is 0. The van der Waals surface area contributed by atoms with E-state index in [9.17, 15) is 10.2 Å². The molecule has 4 N–H and O–H groups in total. The molecule has 9 nitrogen and oxygen atoms in total. The summed E-state index contributed by atoms with van der Waals surface area (Å²) in [6, 6.07) is 0. The van der Waals surface area contributed by atoms with Crippen LogP contribution in [0, 0.1) is 0 Å². The van der Waals surface area contributed by atoms with Gasteiger partial charge in [0.25, 0.3) is 0 Å². The molecule has 0 aromatic carbocycles. The fourth-order valence-electron chi connectivity index (χ4n) is 2.12. The highest BCUT2D eigenvalue weighted by atomic mass is 16.6. The van der Waals surface area contributed by atoms with Gasteiger partial charge in [-0.2, -0.15) is 4.98 Å². The van der Waals surface area contributed by atoms with Gasteiger partial charge in [0.05, 0.1) is 19.1 Å². The first-order valence-corrected chi connectivity index (χ1v) is 5.65. The van der Waals surface area contributed by atoms with Gasteiger partial charge in [0, 0.05) is 0 Å². The topological polar surface area (TPSA) is 137 Å². The third-order valence-electron chi connectivity index (χ3n) is 3.11. The highest BCUT2D eigenvalue weighted by molar-refractivity contribution is 5.70. The summed E-state index contributed by atoms with van der Waals surface area (Å²) in [6.07, 6.45) is -1.40. The first-order valence-electron chi connectivity index (χ1n) is 5.65. The molecule has 0 saturated carbocycles. The van der Waals surface area contributed by atoms with Gasteiger partial charge >= 0.3 is 0 Å². The minimum atomic E-state index is -1.21. The van der Waals surface area contributed by atoms with E-state index >= 15 is 0 Å². The molecule has 0 aliphatic carbocycles. The number of nitrogens with zero attached hydrogens (tertiary/aromatic N) is 4. The van der Waals surface area contributed by atoms with E-state index in [0.717, 1.165) is 0 Å². The predicted octanol–water partition coefficient (Wildman–Crippen LogP) is -1.65. The maximum atomic E-state index is 9.93. The fourth-order valence-corrected chi connectivity index (χ4v) is 2.12. The van der Waals surface area contributed by atoms with E-state index in [1.807, 2.05) is 0 Å². The third-order valence-corrected chi connectivity index (χ3v) is 3.11. The summed E-state index contributed by atoms with van der Waals surface area (Å²) < 4.78 is 6.79. The van der Waals surface area contributed by atoms with Crippen LogP contribution >= 0.6 is 0 Å². The Bertz CT molecular complexity index is 603. The number of hydrogen-bond donors (Lipinski definition) is 3. The van der Waals surface area contributed by atoms with E-state index < -0.39 is 31.1 Å². The lowest BCUT2D eigenvalue weighted by molar-refractivity contribution is -0.0511. The molecular weight excluding hydrogens is 254 g/mol. The second-order valence-electron chi connectivity index (χ2n) is 4.28. The van der Waals surface area contributed by atoms with Gasteiger partial charge in [0.2, 0.25) is 5.95 Å². The number of aliphatic hydroxyl groups is 3. The molecule has 1 aliphatic rings. The highest BCUT2D eigenvalue weighted by Gasteiger charge is 2.43. The Morgan fingerprint density at radius 3 is 2.79 bits per heavy atom. The summed E-state index contributed by atoms with van der Waals surface area (Å²) in [5.41, 5.74) is 8.17. The molecule has 1 aliphatic heterocycles. The Morgan fingerprint density at radius 1 is 1.32 bits per heavy atom. The molecule has 3 rings (SSSR count). The number of rotatable bonds is 2. The lowest BCUT2D eigenvalue weighted by atomic mass is 10.1. The third kappa shape index (κ3) is 1.83. The van der Waals surface area contributed by atoms with Crippen molar-refractivity contribution in [3.05, 3.63) is 12.5 Å². The van der Waals surface area contributed by atoms with E-state index in [0.29, 0.717) is 11.2 Å². The van der Waals surface area contributed by atoms with E-state index in [1.165, 1.54) is 17.1 Å². The standard InChI is InChI=1S/C10H12N5O4/c11-10-12-1-4-8(14-10)15(3-13-4)9-7(18)6(17)5(2-16)19-9/h1,3,5-7,9,11,16-18H,2H2/t5-,6-,7-,9-/m1/s1. The van der Waals surface area contributed by atoms with Gasteiger partial charge < -0.3 is 20.1 Å². The van der Waals surface area contributed by atoms with E-state index in [1.54, 1.807) is 0 Å². The predicted molar refractivity (Wildman–Crippen MR) is 61.1 cm³/mol. The molecule has 0 bridgehead atoms. The number of imidazole rings is 1. The monoisotopic (exact) mass is 266 g/mol. The Labute approximate surface area is 107 Å². The fraction of sp³-hybridized carbons (Fsp3) is 0.500. The second-order valence-corrected chi connectivity index (χ2v) is 4.28. The molecule has 9 heteroatoms. The number of ether oxygens (including phenoxy) is 1. The first kappa shape index (κ1) is 12.2. The van der Waals surface area contributed by atoms with E-state index in [2.05, 4.69) is 15.0 Å². The SMILES string of the molecule is [NH]c1ncc2ncn([C@@H]3O[C@H](CO)[C@@H](O)[C@H]3O)c2n1. The molecular formula is C10H12N5O4.